The van der Waals surface area contributed by atoms with Crippen LogP contribution in [0.25, 0.3) is 6.08 Å². The molecular weight excluding hydrogens is 228 g/mol. The van der Waals surface area contributed by atoms with E-state index in [1.807, 2.05) is 0 Å². The number of hydrogen-bond acceptors (Lipinski definition) is 2. The van der Waals surface area contributed by atoms with Crippen LogP contribution in [0.15, 0.2) is 29.8 Å². The summed E-state index contributed by atoms with van der Waals surface area (Å²) in [7, 11) is 0. The summed E-state index contributed by atoms with van der Waals surface area (Å²) in [6, 6.07) is 7.17. The highest BCUT2D eigenvalue weighted by Gasteiger charge is 2.05. The van der Waals surface area contributed by atoms with Gasteiger partial charge >= 0.3 is 5.97 Å². The monoisotopic (exact) mass is 244 g/mol. The van der Waals surface area contributed by atoms with E-state index in [1.165, 1.54) is 0 Å². The van der Waals surface area contributed by atoms with Crippen LogP contribution < -0.4 is 0 Å². The third kappa shape index (κ3) is 4.86. The third-order valence-corrected chi connectivity index (χ3v) is 2.14. The van der Waals surface area contributed by atoms with Gasteiger partial charge in [-0.3, -0.25) is 0 Å². The van der Waals surface area contributed by atoms with Gasteiger partial charge in [0.2, 0.25) is 0 Å². The molecule has 0 aliphatic heterocycles. The molecule has 0 atom stereocenters. The van der Waals surface area contributed by atoms with Gasteiger partial charge in [-0.25, -0.2) is 4.79 Å². The Labute approximate surface area is 107 Å². The second kappa shape index (κ2) is 5.52. The molecule has 0 bridgehead atoms. The van der Waals surface area contributed by atoms with Gasteiger partial charge in [0.05, 0.1) is 0 Å². The molecule has 3 nitrogen and oxygen atoms in total. The van der Waals surface area contributed by atoms with Crippen LogP contribution in [-0.4, -0.2) is 21.8 Å². The lowest BCUT2D eigenvalue weighted by Gasteiger charge is -2.05. The number of carboxylic acid groups (broad SMARTS) is 1. The molecule has 18 heavy (non-hydrogen) atoms. The van der Waals surface area contributed by atoms with Gasteiger partial charge < -0.3 is 10.2 Å². The second-order valence-corrected chi connectivity index (χ2v) is 4.56. The zero-order valence-corrected chi connectivity index (χ0v) is 10.7. The van der Waals surface area contributed by atoms with Crippen molar-refractivity contribution in [2.45, 2.75) is 26.4 Å². The zero-order chi connectivity index (χ0) is 13.8. The van der Waals surface area contributed by atoms with Gasteiger partial charge in [0.25, 0.3) is 0 Å². The summed E-state index contributed by atoms with van der Waals surface area (Å²) in [6.07, 6.45) is 1.59. The molecule has 0 amide bonds. The van der Waals surface area contributed by atoms with Crippen molar-refractivity contribution in [2.75, 3.05) is 0 Å². The Morgan fingerprint density at radius 3 is 2.28 bits per heavy atom. The summed E-state index contributed by atoms with van der Waals surface area (Å²) in [5, 5.41) is 18.2. The minimum atomic E-state index is -1.02. The highest BCUT2D eigenvalue weighted by molar-refractivity contribution is 5.91. The van der Waals surface area contributed by atoms with Crippen molar-refractivity contribution in [3.05, 3.63) is 41.0 Å². The van der Waals surface area contributed by atoms with Crippen LogP contribution in [0.5, 0.6) is 0 Å². The standard InChI is InChI=1S/C15H16O3/c1-11(14(16)17)10-13-6-4-12(5-7-13)8-9-15(2,3)18/h4-7,10,18H,1-3H3,(H,16,17). The molecule has 94 valence electrons. The summed E-state index contributed by atoms with van der Waals surface area (Å²) >= 11 is 0. The first-order valence-electron chi connectivity index (χ1n) is 5.55. The lowest BCUT2D eigenvalue weighted by atomic mass is 10.1. The van der Waals surface area contributed by atoms with Crippen LogP contribution >= 0.6 is 0 Å². The lowest BCUT2D eigenvalue weighted by molar-refractivity contribution is -0.132. The number of benzene rings is 1. The van der Waals surface area contributed by atoms with Crippen LogP contribution in [-0.2, 0) is 4.79 Å². The fraction of sp³-hybridized carbons (Fsp3) is 0.267. The maximum atomic E-state index is 10.7. The summed E-state index contributed by atoms with van der Waals surface area (Å²) in [4.78, 5) is 10.7. The fourth-order valence-corrected chi connectivity index (χ4v) is 1.20. The van der Waals surface area contributed by atoms with Crippen LogP contribution in [0.1, 0.15) is 31.9 Å². The van der Waals surface area contributed by atoms with Gasteiger partial charge in [0.1, 0.15) is 5.60 Å². The van der Waals surface area contributed by atoms with Gasteiger partial charge in [-0.15, -0.1) is 0 Å². The predicted octanol–water partition coefficient (Wildman–Crippen LogP) is 2.30. The van der Waals surface area contributed by atoms with Gasteiger partial charge in [0, 0.05) is 11.1 Å². The van der Waals surface area contributed by atoms with E-state index in [9.17, 15) is 9.90 Å². The van der Waals surface area contributed by atoms with E-state index in [1.54, 1.807) is 51.1 Å². The van der Waals surface area contributed by atoms with E-state index in [-0.39, 0.29) is 5.57 Å². The Morgan fingerprint density at radius 1 is 1.28 bits per heavy atom. The molecule has 0 fully saturated rings. The van der Waals surface area contributed by atoms with E-state index in [2.05, 4.69) is 11.8 Å². The maximum Gasteiger partial charge on any atom is 0.331 e. The van der Waals surface area contributed by atoms with E-state index >= 15 is 0 Å². The Bertz CT molecular complexity index is 520. The molecule has 0 heterocycles. The van der Waals surface area contributed by atoms with Crippen molar-refractivity contribution in [1.29, 1.82) is 0 Å². The van der Waals surface area contributed by atoms with E-state index in [0.717, 1.165) is 11.1 Å². The van der Waals surface area contributed by atoms with Gasteiger partial charge in [-0.05, 0) is 44.5 Å². The Hall–Kier alpha value is -2.05. The molecule has 1 aromatic carbocycles. The normalized spacial score (nSPS) is 11.7. The van der Waals surface area contributed by atoms with Crippen LogP contribution in [0, 0.1) is 11.8 Å². The molecule has 2 N–H and O–H groups in total. The molecular formula is C15H16O3. The third-order valence-electron chi connectivity index (χ3n) is 2.14. The second-order valence-electron chi connectivity index (χ2n) is 4.56. The van der Waals surface area contributed by atoms with Crippen molar-refractivity contribution in [1.82, 2.24) is 0 Å². The maximum absolute atomic E-state index is 10.7. The topological polar surface area (TPSA) is 57.5 Å². The van der Waals surface area contributed by atoms with Gasteiger partial charge in [-0.2, -0.15) is 0 Å². The average molecular weight is 244 g/mol. The molecule has 3 heteroatoms. The van der Waals surface area contributed by atoms with E-state index < -0.39 is 11.6 Å². The van der Waals surface area contributed by atoms with Gasteiger partial charge in [-0.1, -0.05) is 24.0 Å². The molecule has 0 aromatic heterocycles. The molecule has 0 unspecified atom stereocenters. The molecule has 0 radical (unpaired) electrons. The minimum Gasteiger partial charge on any atom is -0.478 e. The van der Waals surface area contributed by atoms with Crippen LogP contribution in [0.4, 0.5) is 0 Å². The zero-order valence-electron chi connectivity index (χ0n) is 10.7. The Kier molecular flexibility index (Phi) is 4.30. The van der Waals surface area contributed by atoms with Crippen LogP contribution in [0.2, 0.25) is 0 Å². The van der Waals surface area contributed by atoms with Crippen molar-refractivity contribution in [2.24, 2.45) is 0 Å². The van der Waals surface area contributed by atoms with Gasteiger partial charge in [0.15, 0.2) is 0 Å². The molecule has 0 saturated carbocycles. The predicted molar refractivity (Wildman–Crippen MR) is 70.9 cm³/mol. The van der Waals surface area contributed by atoms with Crippen LogP contribution in [0.3, 0.4) is 0 Å². The lowest BCUT2D eigenvalue weighted by Crippen LogP contribution is -2.14. The van der Waals surface area contributed by atoms with Crippen molar-refractivity contribution in [3.8, 4) is 11.8 Å². The highest BCUT2D eigenvalue weighted by atomic mass is 16.4. The summed E-state index contributed by atoms with van der Waals surface area (Å²) < 4.78 is 0. The number of carboxylic acids is 1. The number of aliphatic hydroxyl groups is 1. The molecule has 1 rings (SSSR count). The molecule has 0 aliphatic rings. The van der Waals surface area contributed by atoms with E-state index in [4.69, 9.17) is 5.11 Å². The van der Waals surface area contributed by atoms with Crippen molar-refractivity contribution in [3.63, 3.8) is 0 Å². The largest absolute Gasteiger partial charge is 0.478 e. The average Bonchev–Trinajstić information content (AvgIpc) is 2.27. The highest BCUT2D eigenvalue weighted by Crippen LogP contribution is 2.09. The van der Waals surface area contributed by atoms with Crippen molar-refractivity contribution >= 4 is 12.0 Å². The SMILES string of the molecule is CC(=Cc1ccc(C#CC(C)(C)O)cc1)C(=O)O. The fourth-order valence-electron chi connectivity index (χ4n) is 1.20. The molecule has 1 aromatic rings. The summed E-state index contributed by atoms with van der Waals surface area (Å²) in [5.74, 6) is 4.63. The first-order valence-corrected chi connectivity index (χ1v) is 5.55. The smallest absolute Gasteiger partial charge is 0.331 e. The Balaban J connectivity index is 2.90. The first-order chi connectivity index (χ1) is 8.28. The first kappa shape index (κ1) is 14.0. The number of carbonyl (C=O) groups is 1. The summed E-state index contributed by atoms with van der Waals surface area (Å²) in [5.41, 5.74) is 0.856. The molecule has 0 saturated heterocycles. The van der Waals surface area contributed by atoms with E-state index in [0.29, 0.717) is 0 Å². The quantitative estimate of drug-likeness (QED) is 0.620. The summed E-state index contributed by atoms with van der Waals surface area (Å²) in [6.45, 7) is 4.78. The number of aliphatic carboxylic acids is 1. The Morgan fingerprint density at radius 2 is 1.83 bits per heavy atom. The molecule has 0 aliphatic carbocycles. The minimum absolute atomic E-state index is 0.283. The molecule has 0 spiro atoms. The number of hydrogen-bond donors (Lipinski definition) is 2. The number of rotatable bonds is 2. The van der Waals surface area contributed by atoms with Crippen molar-refractivity contribution < 1.29 is 15.0 Å².